The molecule has 0 atom stereocenters. The van der Waals surface area contributed by atoms with Crippen LogP contribution in [0.5, 0.6) is 0 Å². The molecule has 1 amide bonds. The highest BCUT2D eigenvalue weighted by Crippen LogP contribution is 2.38. The zero-order chi connectivity index (χ0) is 22.0. The van der Waals surface area contributed by atoms with E-state index in [0.29, 0.717) is 21.4 Å². The molecule has 0 unspecified atom stereocenters. The summed E-state index contributed by atoms with van der Waals surface area (Å²) in [7, 11) is 0. The molecule has 4 aromatic rings. The van der Waals surface area contributed by atoms with Gasteiger partial charge in [0, 0.05) is 11.6 Å². The molecule has 8 heteroatoms. The molecule has 0 spiro atoms. The molecule has 156 valence electrons. The smallest absolute Gasteiger partial charge is 0.267 e. The first kappa shape index (κ1) is 20.6. The Morgan fingerprint density at radius 1 is 1.03 bits per heavy atom. The van der Waals surface area contributed by atoms with Gasteiger partial charge < -0.3 is 0 Å². The van der Waals surface area contributed by atoms with Crippen molar-refractivity contribution in [3.05, 3.63) is 88.5 Å². The van der Waals surface area contributed by atoms with Crippen molar-refractivity contribution in [2.75, 3.05) is 5.32 Å². The van der Waals surface area contributed by atoms with Crippen LogP contribution in [0.4, 0.5) is 9.52 Å². The number of hydrogen-bond acceptors (Lipinski definition) is 5. The lowest BCUT2D eigenvalue weighted by Gasteiger charge is -2.09. The van der Waals surface area contributed by atoms with Gasteiger partial charge in [-0.2, -0.15) is 5.10 Å². The third-order valence-corrected chi connectivity index (χ3v) is 5.55. The Morgan fingerprint density at radius 3 is 2.45 bits per heavy atom. The summed E-state index contributed by atoms with van der Waals surface area (Å²) >= 11 is 1.22. The SMILES string of the molecule is CC(C)n1nc(-c2sc(NC(=O)c3ccccc3F)nc2-c2ccccc2)ccc1=O. The Morgan fingerprint density at radius 2 is 1.74 bits per heavy atom. The number of rotatable bonds is 5. The number of amides is 1. The molecular weight excluding hydrogens is 415 g/mol. The Hall–Kier alpha value is -3.65. The maximum atomic E-state index is 14.0. The van der Waals surface area contributed by atoms with Gasteiger partial charge in [-0.15, -0.1) is 0 Å². The van der Waals surface area contributed by atoms with Crippen molar-refractivity contribution in [3.63, 3.8) is 0 Å². The summed E-state index contributed by atoms with van der Waals surface area (Å²) in [5, 5.41) is 7.49. The lowest BCUT2D eigenvalue weighted by molar-refractivity contribution is 0.102. The first-order valence-electron chi connectivity index (χ1n) is 9.66. The van der Waals surface area contributed by atoms with E-state index in [1.807, 2.05) is 44.2 Å². The second kappa shape index (κ2) is 8.61. The van der Waals surface area contributed by atoms with E-state index in [-0.39, 0.29) is 17.2 Å². The number of anilines is 1. The average molecular weight is 434 g/mol. The van der Waals surface area contributed by atoms with Crippen molar-refractivity contribution >= 4 is 22.4 Å². The Bertz CT molecular complexity index is 1300. The molecular formula is C23H19FN4O2S. The van der Waals surface area contributed by atoms with Crippen molar-refractivity contribution in [1.29, 1.82) is 0 Å². The van der Waals surface area contributed by atoms with E-state index in [1.165, 1.54) is 40.3 Å². The van der Waals surface area contributed by atoms with Crippen LogP contribution in [0.3, 0.4) is 0 Å². The number of carbonyl (C=O) groups is 1. The summed E-state index contributed by atoms with van der Waals surface area (Å²) in [6, 6.07) is 18.2. The van der Waals surface area contributed by atoms with Gasteiger partial charge in [0.05, 0.1) is 22.2 Å². The van der Waals surface area contributed by atoms with Crippen molar-refractivity contribution in [3.8, 4) is 21.8 Å². The summed E-state index contributed by atoms with van der Waals surface area (Å²) in [6.45, 7) is 3.76. The number of benzene rings is 2. The third-order valence-electron chi connectivity index (χ3n) is 4.56. The van der Waals surface area contributed by atoms with Crippen LogP contribution in [0, 0.1) is 5.82 Å². The monoisotopic (exact) mass is 434 g/mol. The van der Waals surface area contributed by atoms with Crippen molar-refractivity contribution in [2.45, 2.75) is 19.9 Å². The van der Waals surface area contributed by atoms with Crippen LogP contribution in [0.2, 0.25) is 0 Å². The molecule has 0 saturated heterocycles. The van der Waals surface area contributed by atoms with Crippen LogP contribution in [-0.4, -0.2) is 20.7 Å². The summed E-state index contributed by atoms with van der Waals surface area (Å²) in [5.41, 5.74) is 1.76. The lowest BCUT2D eigenvalue weighted by atomic mass is 10.1. The highest BCUT2D eigenvalue weighted by atomic mass is 32.1. The van der Waals surface area contributed by atoms with Gasteiger partial charge in [0.2, 0.25) is 0 Å². The van der Waals surface area contributed by atoms with Crippen molar-refractivity contribution in [2.24, 2.45) is 0 Å². The van der Waals surface area contributed by atoms with Gasteiger partial charge in [-0.3, -0.25) is 14.9 Å². The van der Waals surface area contributed by atoms with E-state index in [2.05, 4.69) is 15.4 Å². The molecule has 6 nitrogen and oxygen atoms in total. The fourth-order valence-electron chi connectivity index (χ4n) is 3.07. The van der Waals surface area contributed by atoms with Crippen LogP contribution in [0.25, 0.3) is 21.8 Å². The van der Waals surface area contributed by atoms with Gasteiger partial charge in [-0.25, -0.2) is 14.1 Å². The standard InChI is InChI=1S/C23H19FN4O2S/c1-14(2)28-19(29)13-12-18(27-28)21-20(15-8-4-3-5-9-15)25-23(31-21)26-22(30)16-10-6-7-11-17(16)24/h3-14H,1-2H3,(H,25,26,30). The second-order valence-electron chi connectivity index (χ2n) is 7.09. The molecule has 31 heavy (non-hydrogen) atoms. The summed E-state index contributed by atoms with van der Waals surface area (Å²) in [5.74, 6) is -1.19. The van der Waals surface area contributed by atoms with Crippen molar-refractivity contribution < 1.29 is 9.18 Å². The molecule has 0 saturated carbocycles. The molecule has 2 heterocycles. The minimum atomic E-state index is -0.606. The van der Waals surface area contributed by atoms with Gasteiger partial charge >= 0.3 is 0 Å². The first-order chi connectivity index (χ1) is 14.9. The normalized spacial score (nSPS) is 11.0. The molecule has 4 rings (SSSR count). The van der Waals surface area contributed by atoms with Gasteiger partial charge in [-0.05, 0) is 32.0 Å². The fraction of sp³-hybridized carbons (Fsp3) is 0.130. The largest absolute Gasteiger partial charge is 0.298 e. The molecule has 0 bridgehead atoms. The average Bonchev–Trinajstić information content (AvgIpc) is 3.18. The quantitative estimate of drug-likeness (QED) is 0.479. The third kappa shape index (κ3) is 4.29. The molecule has 0 aliphatic rings. The summed E-state index contributed by atoms with van der Waals surface area (Å²) < 4.78 is 15.4. The molecule has 0 fully saturated rings. The maximum Gasteiger partial charge on any atom is 0.267 e. The zero-order valence-corrected chi connectivity index (χ0v) is 17.7. The number of thiazole rings is 1. The molecule has 2 aromatic carbocycles. The Kier molecular flexibility index (Phi) is 5.73. The number of nitrogens with one attached hydrogen (secondary N) is 1. The van der Waals surface area contributed by atoms with E-state index in [9.17, 15) is 14.0 Å². The molecule has 0 aliphatic carbocycles. The van der Waals surface area contributed by atoms with Crippen LogP contribution in [0.15, 0.2) is 71.5 Å². The molecule has 2 aromatic heterocycles. The van der Waals surface area contributed by atoms with Crippen LogP contribution in [0.1, 0.15) is 30.2 Å². The molecule has 1 N–H and O–H groups in total. The summed E-state index contributed by atoms with van der Waals surface area (Å²) in [4.78, 5) is 30.0. The van der Waals surface area contributed by atoms with Gasteiger partial charge in [-0.1, -0.05) is 53.8 Å². The van der Waals surface area contributed by atoms with Crippen LogP contribution < -0.4 is 10.9 Å². The van der Waals surface area contributed by atoms with Gasteiger partial charge in [0.25, 0.3) is 11.5 Å². The number of aromatic nitrogens is 3. The van der Waals surface area contributed by atoms with E-state index < -0.39 is 11.7 Å². The van der Waals surface area contributed by atoms with Gasteiger partial charge in [0.15, 0.2) is 5.13 Å². The Balaban J connectivity index is 1.79. The number of halogens is 1. The summed E-state index contributed by atoms with van der Waals surface area (Å²) in [6.07, 6.45) is 0. The number of nitrogens with zero attached hydrogens (tertiary/aromatic N) is 3. The van der Waals surface area contributed by atoms with E-state index >= 15 is 0 Å². The predicted octanol–water partition coefficient (Wildman–Crippen LogP) is 5.01. The van der Waals surface area contributed by atoms with Crippen molar-refractivity contribution in [1.82, 2.24) is 14.8 Å². The minimum Gasteiger partial charge on any atom is -0.298 e. The van der Waals surface area contributed by atoms with Crippen LogP contribution >= 0.6 is 11.3 Å². The van der Waals surface area contributed by atoms with Crippen LogP contribution in [-0.2, 0) is 0 Å². The van der Waals surface area contributed by atoms with E-state index in [0.717, 1.165) is 5.56 Å². The zero-order valence-electron chi connectivity index (χ0n) is 16.9. The van der Waals surface area contributed by atoms with Gasteiger partial charge in [0.1, 0.15) is 11.5 Å². The first-order valence-corrected chi connectivity index (χ1v) is 10.5. The highest BCUT2D eigenvalue weighted by molar-refractivity contribution is 7.19. The minimum absolute atomic E-state index is 0.0630. The lowest BCUT2D eigenvalue weighted by Crippen LogP contribution is -2.23. The molecule has 0 radical (unpaired) electrons. The molecule has 0 aliphatic heterocycles. The van der Waals surface area contributed by atoms with E-state index in [4.69, 9.17) is 0 Å². The Labute approximate surface area is 182 Å². The number of hydrogen-bond donors (Lipinski definition) is 1. The predicted molar refractivity (Wildman–Crippen MR) is 120 cm³/mol. The second-order valence-corrected chi connectivity index (χ2v) is 8.09. The number of carbonyl (C=O) groups excluding carboxylic acids is 1. The van der Waals surface area contributed by atoms with E-state index in [1.54, 1.807) is 12.1 Å². The highest BCUT2D eigenvalue weighted by Gasteiger charge is 2.20. The topological polar surface area (TPSA) is 76.9 Å². The fourth-order valence-corrected chi connectivity index (χ4v) is 4.01. The maximum absolute atomic E-state index is 14.0.